The van der Waals surface area contributed by atoms with Crippen molar-refractivity contribution in [3.63, 3.8) is 0 Å². The van der Waals surface area contributed by atoms with Crippen molar-refractivity contribution in [2.45, 2.75) is 25.8 Å². The molecular formula is C15H19N3O2. The van der Waals surface area contributed by atoms with Crippen LogP contribution in [0.15, 0.2) is 24.5 Å². The van der Waals surface area contributed by atoms with Gasteiger partial charge in [0, 0.05) is 12.7 Å². The molecule has 1 aliphatic heterocycles. The molecule has 2 aromatic rings. The number of hydrogen-bond acceptors (Lipinski definition) is 4. The first kappa shape index (κ1) is 13.1. The van der Waals surface area contributed by atoms with E-state index in [1.807, 2.05) is 16.8 Å². The molecule has 0 atom stereocenters. The van der Waals surface area contributed by atoms with Crippen LogP contribution >= 0.6 is 0 Å². The standard InChI is InChI=1S/C15H19N3O2/c1-20-15(19)12-5-8-18-13(10-16-14(18)9-12)11-17-6-3-2-4-7-17/h5,8-10H,2-4,6-7,11H2,1H3. The summed E-state index contributed by atoms with van der Waals surface area (Å²) in [6, 6.07) is 3.55. The topological polar surface area (TPSA) is 46.8 Å². The van der Waals surface area contributed by atoms with Crippen LogP contribution in [-0.2, 0) is 11.3 Å². The van der Waals surface area contributed by atoms with Crippen LogP contribution < -0.4 is 0 Å². The van der Waals surface area contributed by atoms with E-state index in [9.17, 15) is 4.79 Å². The number of ether oxygens (including phenoxy) is 1. The highest BCUT2D eigenvalue weighted by atomic mass is 16.5. The summed E-state index contributed by atoms with van der Waals surface area (Å²) in [5, 5.41) is 0. The van der Waals surface area contributed by atoms with Gasteiger partial charge in [-0.15, -0.1) is 0 Å². The Hall–Kier alpha value is -1.88. The lowest BCUT2D eigenvalue weighted by atomic mass is 10.1. The van der Waals surface area contributed by atoms with Crippen molar-refractivity contribution in [2.75, 3.05) is 20.2 Å². The predicted molar refractivity (Wildman–Crippen MR) is 75.7 cm³/mol. The number of hydrogen-bond donors (Lipinski definition) is 0. The van der Waals surface area contributed by atoms with Crippen LogP contribution in [0.1, 0.15) is 35.3 Å². The molecule has 0 bridgehead atoms. The number of aromatic nitrogens is 2. The highest BCUT2D eigenvalue weighted by molar-refractivity contribution is 5.90. The van der Waals surface area contributed by atoms with E-state index in [1.165, 1.54) is 32.1 Å². The van der Waals surface area contributed by atoms with Gasteiger partial charge in [0.1, 0.15) is 5.65 Å². The van der Waals surface area contributed by atoms with Crippen molar-refractivity contribution in [1.29, 1.82) is 0 Å². The molecule has 3 heterocycles. The fourth-order valence-corrected chi connectivity index (χ4v) is 2.74. The Kier molecular flexibility index (Phi) is 3.69. The van der Waals surface area contributed by atoms with Gasteiger partial charge in [-0.2, -0.15) is 0 Å². The average molecular weight is 273 g/mol. The van der Waals surface area contributed by atoms with Crippen molar-refractivity contribution < 1.29 is 9.53 Å². The van der Waals surface area contributed by atoms with Crippen LogP contribution in [0.2, 0.25) is 0 Å². The van der Waals surface area contributed by atoms with Gasteiger partial charge >= 0.3 is 5.97 Å². The highest BCUT2D eigenvalue weighted by Gasteiger charge is 2.14. The zero-order valence-corrected chi connectivity index (χ0v) is 11.7. The third-order valence-electron chi connectivity index (χ3n) is 3.85. The molecular weight excluding hydrogens is 254 g/mol. The number of methoxy groups -OCH3 is 1. The molecule has 0 spiro atoms. The summed E-state index contributed by atoms with van der Waals surface area (Å²) in [7, 11) is 1.39. The molecule has 1 saturated heterocycles. The molecule has 106 valence electrons. The molecule has 0 aromatic carbocycles. The number of carbonyl (C=O) groups excluding carboxylic acids is 1. The quantitative estimate of drug-likeness (QED) is 0.804. The fraction of sp³-hybridized carbons (Fsp3) is 0.467. The van der Waals surface area contributed by atoms with E-state index in [0.29, 0.717) is 5.56 Å². The first-order chi connectivity index (χ1) is 9.78. The van der Waals surface area contributed by atoms with Crippen molar-refractivity contribution in [3.05, 3.63) is 35.8 Å². The van der Waals surface area contributed by atoms with Crippen molar-refractivity contribution in [3.8, 4) is 0 Å². The maximum Gasteiger partial charge on any atom is 0.338 e. The van der Waals surface area contributed by atoms with Gasteiger partial charge in [-0.25, -0.2) is 9.78 Å². The van der Waals surface area contributed by atoms with E-state index in [0.717, 1.165) is 25.3 Å². The van der Waals surface area contributed by atoms with Gasteiger partial charge in [-0.1, -0.05) is 6.42 Å². The molecule has 1 aliphatic rings. The molecule has 0 unspecified atom stereocenters. The highest BCUT2D eigenvalue weighted by Crippen LogP contribution is 2.15. The third kappa shape index (κ3) is 2.54. The van der Waals surface area contributed by atoms with Crippen LogP contribution in [0.3, 0.4) is 0 Å². The van der Waals surface area contributed by atoms with Gasteiger partial charge in [0.05, 0.1) is 24.6 Å². The maximum atomic E-state index is 11.5. The SMILES string of the molecule is COC(=O)c1ccn2c(CN3CCCCC3)cnc2c1. The van der Waals surface area contributed by atoms with Gasteiger partial charge in [-0.3, -0.25) is 4.90 Å². The second kappa shape index (κ2) is 5.63. The largest absolute Gasteiger partial charge is 0.465 e. The lowest BCUT2D eigenvalue weighted by Crippen LogP contribution is -2.29. The number of imidazole rings is 1. The molecule has 5 nitrogen and oxygen atoms in total. The van der Waals surface area contributed by atoms with Crippen molar-refractivity contribution in [1.82, 2.24) is 14.3 Å². The zero-order valence-electron chi connectivity index (χ0n) is 11.7. The number of rotatable bonds is 3. The monoisotopic (exact) mass is 273 g/mol. The van der Waals surface area contributed by atoms with Crippen LogP contribution in [0.25, 0.3) is 5.65 Å². The lowest BCUT2D eigenvalue weighted by Gasteiger charge is -2.25. The summed E-state index contributed by atoms with van der Waals surface area (Å²) in [4.78, 5) is 18.4. The Morgan fingerprint density at radius 3 is 2.90 bits per heavy atom. The van der Waals surface area contributed by atoms with Gasteiger partial charge < -0.3 is 9.14 Å². The van der Waals surface area contributed by atoms with Crippen molar-refractivity contribution >= 4 is 11.6 Å². The van der Waals surface area contributed by atoms with Crippen LogP contribution in [0.5, 0.6) is 0 Å². The number of carbonyl (C=O) groups is 1. The van der Waals surface area contributed by atoms with Crippen molar-refractivity contribution in [2.24, 2.45) is 0 Å². The first-order valence-corrected chi connectivity index (χ1v) is 7.04. The fourth-order valence-electron chi connectivity index (χ4n) is 2.74. The van der Waals surface area contributed by atoms with E-state index in [4.69, 9.17) is 4.74 Å². The average Bonchev–Trinajstić information content (AvgIpc) is 2.90. The number of fused-ring (bicyclic) bond motifs is 1. The number of likely N-dealkylation sites (tertiary alicyclic amines) is 1. The molecule has 0 amide bonds. The minimum Gasteiger partial charge on any atom is -0.465 e. The summed E-state index contributed by atoms with van der Waals surface area (Å²) >= 11 is 0. The van der Waals surface area contributed by atoms with E-state index in [2.05, 4.69) is 9.88 Å². The smallest absolute Gasteiger partial charge is 0.338 e. The van der Waals surface area contributed by atoms with Gasteiger partial charge in [0.2, 0.25) is 0 Å². The first-order valence-electron chi connectivity index (χ1n) is 7.04. The normalized spacial score (nSPS) is 16.4. The summed E-state index contributed by atoms with van der Waals surface area (Å²) in [5.74, 6) is -0.326. The number of pyridine rings is 1. The molecule has 2 aromatic heterocycles. The Balaban J connectivity index is 1.84. The molecule has 0 N–H and O–H groups in total. The molecule has 0 radical (unpaired) electrons. The molecule has 0 aliphatic carbocycles. The molecule has 3 rings (SSSR count). The van der Waals surface area contributed by atoms with E-state index < -0.39 is 0 Å². The Bertz CT molecular complexity index is 615. The van der Waals surface area contributed by atoms with E-state index in [1.54, 1.807) is 12.1 Å². The second-order valence-corrected chi connectivity index (χ2v) is 5.22. The zero-order chi connectivity index (χ0) is 13.9. The summed E-state index contributed by atoms with van der Waals surface area (Å²) in [6.07, 6.45) is 7.69. The molecule has 5 heteroatoms. The minimum atomic E-state index is -0.326. The van der Waals surface area contributed by atoms with E-state index in [-0.39, 0.29) is 5.97 Å². The van der Waals surface area contributed by atoms with Gasteiger partial charge in [0.25, 0.3) is 0 Å². The molecule has 0 saturated carbocycles. The molecule has 20 heavy (non-hydrogen) atoms. The van der Waals surface area contributed by atoms with Crippen LogP contribution in [0, 0.1) is 0 Å². The minimum absolute atomic E-state index is 0.326. The maximum absolute atomic E-state index is 11.5. The number of nitrogens with zero attached hydrogens (tertiary/aromatic N) is 3. The van der Waals surface area contributed by atoms with Gasteiger partial charge in [-0.05, 0) is 38.1 Å². The summed E-state index contributed by atoms with van der Waals surface area (Å²) < 4.78 is 6.77. The summed E-state index contributed by atoms with van der Waals surface area (Å²) in [5.41, 5.74) is 2.49. The predicted octanol–water partition coefficient (Wildman–Crippen LogP) is 2.11. The van der Waals surface area contributed by atoms with Crippen LogP contribution in [-0.4, -0.2) is 40.5 Å². The second-order valence-electron chi connectivity index (χ2n) is 5.22. The lowest BCUT2D eigenvalue weighted by molar-refractivity contribution is 0.0600. The Labute approximate surface area is 118 Å². The number of esters is 1. The molecule has 1 fully saturated rings. The van der Waals surface area contributed by atoms with E-state index >= 15 is 0 Å². The van der Waals surface area contributed by atoms with Gasteiger partial charge in [0.15, 0.2) is 0 Å². The Morgan fingerprint density at radius 2 is 2.15 bits per heavy atom. The summed E-state index contributed by atoms with van der Waals surface area (Å²) in [6.45, 7) is 3.24. The third-order valence-corrected chi connectivity index (χ3v) is 3.85. The van der Waals surface area contributed by atoms with Crippen LogP contribution in [0.4, 0.5) is 0 Å². The number of piperidine rings is 1. The Morgan fingerprint density at radius 1 is 1.35 bits per heavy atom.